The Morgan fingerprint density at radius 1 is 1.43 bits per heavy atom. The molecule has 1 fully saturated rings. The third-order valence-electron chi connectivity index (χ3n) is 3.80. The van der Waals surface area contributed by atoms with Gasteiger partial charge in [-0.15, -0.1) is 0 Å². The van der Waals surface area contributed by atoms with E-state index in [0.717, 1.165) is 18.5 Å². The van der Waals surface area contributed by atoms with E-state index in [-0.39, 0.29) is 16.3 Å². The van der Waals surface area contributed by atoms with Crippen LogP contribution in [-0.2, 0) is 16.0 Å². The molecule has 1 amide bonds. The maximum atomic E-state index is 12.0. The molecule has 1 aromatic heterocycles. The smallest absolute Gasteiger partial charge is 0.223 e. The summed E-state index contributed by atoms with van der Waals surface area (Å²) in [6.07, 6.45) is 3.27. The highest BCUT2D eigenvalue weighted by Gasteiger charge is 2.30. The Morgan fingerprint density at radius 2 is 2.29 bits per heavy atom. The molecule has 0 radical (unpaired) electrons. The third-order valence-corrected chi connectivity index (χ3v) is 4.78. The summed E-state index contributed by atoms with van der Waals surface area (Å²) in [7, 11) is 0. The van der Waals surface area contributed by atoms with Crippen LogP contribution in [0.2, 0.25) is 0 Å². The molecule has 2 aromatic rings. The molecule has 1 aromatic carbocycles. The van der Waals surface area contributed by atoms with Crippen molar-refractivity contribution in [3.63, 3.8) is 0 Å². The summed E-state index contributed by atoms with van der Waals surface area (Å²) >= 11 is 1.29. The van der Waals surface area contributed by atoms with Crippen molar-refractivity contribution in [2.75, 3.05) is 13.1 Å². The summed E-state index contributed by atoms with van der Waals surface area (Å²) in [6.45, 7) is 2.98. The van der Waals surface area contributed by atoms with Gasteiger partial charge in [0.2, 0.25) is 5.91 Å². The molecule has 3 rings (SSSR count). The van der Waals surface area contributed by atoms with Crippen LogP contribution < -0.4 is 0 Å². The van der Waals surface area contributed by atoms with E-state index in [1.807, 2.05) is 11.1 Å². The molecule has 0 bridgehead atoms. The van der Waals surface area contributed by atoms with Crippen molar-refractivity contribution in [1.82, 2.24) is 9.88 Å². The van der Waals surface area contributed by atoms with Gasteiger partial charge in [-0.1, -0.05) is 17.8 Å². The molecule has 1 aliphatic heterocycles. The predicted molar refractivity (Wildman–Crippen MR) is 85.3 cm³/mol. The highest BCUT2D eigenvalue weighted by molar-refractivity contribution is 8.14. The number of thioether (sulfide) groups is 1. The first-order valence-electron chi connectivity index (χ1n) is 7.13. The third kappa shape index (κ3) is 3.29. The minimum Gasteiger partial charge on any atom is -0.361 e. The van der Waals surface area contributed by atoms with Crippen LogP contribution in [0.15, 0.2) is 30.5 Å². The highest BCUT2D eigenvalue weighted by atomic mass is 32.2. The van der Waals surface area contributed by atoms with Gasteiger partial charge >= 0.3 is 0 Å². The predicted octanol–water partition coefficient (Wildman–Crippen LogP) is 2.59. The van der Waals surface area contributed by atoms with Gasteiger partial charge < -0.3 is 9.88 Å². The monoisotopic (exact) mass is 302 g/mol. The molecule has 1 saturated heterocycles. The van der Waals surface area contributed by atoms with Crippen LogP contribution in [0, 0.1) is 0 Å². The maximum Gasteiger partial charge on any atom is 0.223 e. The molecule has 21 heavy (non-hydrogen) atoms. The summed E-state index contributed by atoms with van der Waals surface area (Å²) < 4.78 is 0. The van der Waals surface area contributed by atoms with Crippen molar-refractivity contribution < 1.29 is 9.59 Å². The lowest BCUT2D eigenvalue weighted by molar-refractivity contribution is -0.127. The van der Waals surface area contributed by atoms with Crippen molar-refractivity contribution in [2.45, 2.75) is 25.0 Å². The lowest BCUT2D eigenvalue weighted by atomic mass is 10.1. The van der Waals surface area contributed by atoms with E-state index in [1.54, 1.807) is 6.92 Å². The molecule has 0 saturated carbocycles. The Labute approximate surface area is 127 Å². The summed E-state index contributed by atoms with van der Waals surface area (Å²) in [5.74, 6) is 0.163. The van der Waals surface area contributed by atoms with Crippen LogP contribution in [0.4, 0.5) is 0 Å². The van der Waals surface area contributed by atoms with E-state index in [9.17, 15) is 9.59 Å². The number of nitrogens with zero attached hydrogens (tertiary/aromatic N) is 1. The fraction of sp³-hybridized carbons (Fsp3) is 0.375. The van der Waals surface area contributed by atoms with Gasteiger partial charge in [0, 0.05) is 43.4 Å². The number of hydrogen-bond acceptors (Lipinski definition) is 3. The van der Waals surface area contributed by atoms with Crippen LogP contribution >= 0.6 is 11.8 Å². The number of amides is 1. The molecule has 110 valence electrons. The minimum atomic E-state index is 0.0903. The zero-order valence-electron chi connectivity index (χ0n) is 12.0. The van der Waals surface area contributed by atoms with Crippen molar-refractivity contribution in [3.8, 4) is 0 Å². The van der Waals surface area contributed by atoms with Crippen LogP contribution in [0.25, 0.3) is 10.9 Å². The van der Waals surface area contributed by atoms with Crippen molar-refractivity contribution in [1.29, 1.82) is 0 Å². The lowest BCUT2D eigenvalue weighted by Crippen LogP contribution is -2.27. The normalized spacial score (nSPS) is 18.6. The van der Waals surface area contributed by atoms with E-state index in [1.165, 1.54) is 22.7 Å². The first-order chi connectivity index (χ1) is 10.1. The van der Waals surface area contributed by atoms with E-state index < -0.39 is 0 Å². The SMILES string of the molecule is CC(=O)SC1CC(=O)N(CCc2ccc3[nH]ccc3c2)C1. The molecule has 5 heteroatoms. The van der Waals surface area contributed by atoms with Gasteiger partial charge in [0.05, 0.1) is 0 Å². The van der Waals surface area contributed by atoms with Crippen LogP contribution in [0.5, 0.6) is 0 Å². The number of H-pyrrole nitrogens is 1. The van der Waals surface area contributed by atoms with E-state index in [0.29, 0.717) is 13.0 Å². The van der Waals surface area contributed by atoms with Crippen LogP contribution in [0.3, 0.4) is 0 Å². The molecular formula is C16H18N2O2S. The number of carbonyl (C=O) groups excluding carboxylic acids is 2. The Hall–Kier alpha value is -1.75. The van der Waals surface area contributed by atoms with E-state index in [4.69, 9.17) is 0 Å². The highest BCUT2D eigenvalue weighted by Crippen LogP contribution is 2.24. The standard InChI is InChI=1S/C16H18N2O2S/c1-11(19)21-14-9-16(20)18(10-14)7-5-12-2-3-15-13(8-12)4-6-17-15/h2-4,6,8,14,17H,5,7,9-10H2,1H3. The number of fused-ring (bicyclic) bond motifs is 1. The Balaban J connectivity index is 1.59. The average Bonchev–Trinajstić information content (AvgIpc) is 3.01. The maximum absolute atomic E-state index is 12.0. The van der Waals surface area contributed by atoms with Crippen LogP contribution in [0.1, 0.15) is 18.9 Å². The van der Waals surface area contributed by atoms with Gasteiger partial charge in [-0.2, -0.15) is 0 Å². The Morgan fingerprint density at radius 3 is 3.10 bits per heavy atom. The number of aromatic amines is 1. The molecule has 1 atom stereocenters. The number of likely N-dealkylation sites (tertiary alicyclic amines) is 1. The zero-order chi connectivity index (χ0) is 14.8. The topological polar surface area (TPSA) is 53.2 Å². The number of benzene rings is 1. The van der Waals surface area contributed by atoms with E-state index >= 15 is 0 Å². The van der Waals surface area contributed by atoms with Gasteiger partial charge in [0.1, 0.15) is 0 Å². The van der Waals surface area contributed by atoms with Crippen molar-refractivity contribution >= 4 is 33.7 Å². The van der Waals surface area contributed by atoms with E-state index in [2.05, 4.69) is 29.2 Å². The molecule has 4 nitrogen and oxygen atoms in total. The van der Waals surface area contributed by atoms with Gasteiger partial charge in [-0.25, -0.2) is 0 Å². The van der Waals surface area contributed by atoms with Gasteiger partial charge in [-0.3, -0.25) is 9.59 Å². The number of carbonyl (C=O) groups is 2. The molecule has 1 unspecified atom stereocenters. The second kappa shape index (κ2) is 5.93. The minimum absolute atomic E-state index is 0.0903. The number of aromatic nitrogens is 1. The number of rotatable bonds is 4. The molecular weight excluding hydrogens is 284 g/mol. The van der Waals surface area contributed by atoms with Crippen molar-refractivity contribution in [2.24, 2.45) is 0 Å². The van der Waals surface area contributed by atoms with Gasteiger partial charge in [-0.05, 0) is 35.6 Å². The lowest BCUT2D eigenvalue weighted by Gasteiger charge is -2.16. The fourth-order valence-electron chi connectivity index (χ4n) is 2.79. The van der Waals surface area contributed by atoms with Crippen molar-refractivity contribution in [3.05, 3.63) is 36.0 Å². The molecule has 2 heterocycles. The molecule has 0 spiro atoms. The number of hydrogen-bond donors (Lipinski definition) is 1. The largest absolute Gasteiger partial charge is 0.361 e. The quantitative estimate of drug-likeness (QED) is 0.944. The molecule has 0 aliphatic carbocycles. The second-order valence-electron chi connectivity index (χ2n) is 5.42. The number of nitrogens with one attached hydrogen (secondary N) is 1. The summed E-state index contributed by atoms with van der Waals surface area (Å²) in [5, 5.41) is 1.42. The first kappa shape index (κ1) is 14.2. The Kier molecular flexibility index (Phi) is 4.01. The zero-order valence-corrected chi connectivity index (χ0v) is 12.8. The second-order valence-corrected chi connectivity index (χ2v) is 6.90. The fourth-order valence-corrected chi connectivity index (χ4v) is 3.74. The summed E-state index contributed by atoms with van der Waals surface area (Å²) in [5.41, 5.74) is 2.37. The molecule has 1 N–H and O–H groups in total. The van der Waals surface area contributed by atoms with Crippen LogP contribution in [-0.4, -0.2) is 39.2 Å². The Bertz CT molecular complexity index is 680. The first-order valence-corrected chi connectivity index (χ1v) is 8.01. The summed E-state index contributed by atoms with van der Waals surface area (Å²) in [6, 6.07) is 8.39. The molecule has 1 aliphatic rings. The average molecular weight is 302 g/mol. The van der Waals surface area contributed by atoms with Gasteiger partial charge in [0.25, 0.3) is 0 Å². The van der Waals surface area contributed by atoms with Gasteiger partial charge in [0.15, 0.2) is 5.12 Å². The summed E-state index contributed by atoms with van der Waals surface area (Å²) in [4.78, 5) is 28.1.